The van der Waals surface area contributed by atoms with Crippen molar-refractivity contribution < 1.29 is 0 Å². The van der Waals surface area contributed by atoms with Gasteiger partial charge < -0.3 is 4.98 Å². The van der Waals surface area contributed by atoms with Crippen molar-refractivity contribution in [2.45, 2.75) is 6.42 Å². The molecule has 0 amide bonds. The van der Waals surface area contributed by atoms with Crippen molar-refractivity contribution in [3.63, 3.8) is 0 Å². The Labute approximate surface area is 109 Å². The van der Waals surface area contributed by atoms with E-state index < -0.39 is 0 Å². The average molecular weight is 248 g/mol. The van der Waals surface area contributed by atoms with Crippen LogP contribution in [0.15, 0.2) is 48.7 Å². The maximum Gasteiger partial charge on any atom is 0.0869 e. The maximum atomic E-state index is 4.12. The summed E-state index contributed by atoms with van der Waals surface area (Å²) in [5.74, 6) is 0. The summed E-state index contributed by atoms with van der Waals surface area (Å²) in [6.45, 7) is 0. The van der Waals surface area contributed by atoms with Gasteiger partial charge in [-0.15, -0.1) is 0 Å². The SMILES string of the molecule is c1ccc2c(c1)[nH]c1c(Cc3cn[nH]n3)cccc12. The molecule has 0 bridgehead atoms. The molecule has 4 aromatic rings. The van der Waals surface area contributed by atoms with Crippen LogP contribution in [0, 0.1) is 0 Å². The van der Waals surface area contributed by atoms with Gasteiger partial charge in [0.15, 0.2) is 0 Å². The summed E-state index contributed by atoms with van der Waals surface area (Å²) >= 11 is 0. The van der Waals surface area contributed by atoms with Gasteiger partial charge in [-0.05, 0) is 11.6 Å². The highest BCUT2D eigenvalue weighted by Crippen LogP contribution is 2.28. The molecule has 4 heteroatoms. The molecule has 2 aromatic carbocycles. The normalized spacial score (nSPS) is 11.4. The topological polar surface area (TPSA) is 57.4 Å². The van der Waals surface area contributed by atoms with Crippen LogP contribution in [0.1, 0.15) is 11.3 Å². The molecule has 4 nitrogen and oxygen atoms in total. The Hall–Kier alpha value is -2.62. The number of hydrogen-bond acceptors (Lipinski definition) is 2. The fourth-order valence-electron chi connectivity index (χ4n) is 2.59. The molecule has 0 saturated carbocycles. The van der Waals surface area contributed by atoms with Crippen LogP contribution in [0.5, 0.6) is 0 Å². The Morgan fingerprint density at radius 1 is 0.947 bits per heavy atom. The lowest BCUT2D eigenvalue weighted by molar-refractivity contribution is 0.916. The first kappa shape index (κ1) is 10.3. The van der Waals surface area contributed by atoms with Gasteiger partial charge >= 0.3 is 0 Å². The van der Waals surface area contributed by atoms with Crippen molar-refractivity contribution in [3.05, 3.63) is 59.9 Å². The van der Waals surface area contributed by atoms with E-state index in [1.165, 1.54) is 27.4 Å². The standard InChI is InChI=1S/C15H12N4/c1-2-7-14-12(5-1)13-6-3-4-10(15(13)17-14)8-11-9-16-19-18-11/h1-7,9,17H,8H2,(H,16,18,19). The van der Waals surface area contributed by atoms with Crippen LogP contribution < -0.4 is 0 Å². The first-order chi connectivity index (χ1) is 9.42. The second-order valence-corrected chi connectivity index (χ2v) is 4.65. The monoisotopic (exact) mass is 248 g/mol. The van der Waals surface area contributed by atoms with Gasteiger partial charge in [0.05, 0.1) is 17.4 Å². The number of hydrogen-bond donors (Lipinski definition) is 2. The van der Waals surface area contributed by atoms with Gasteiger partial charge in [0.2, 0.25) is 0 Å². The fraction of sp³-hybridized carbons (Fsp3) is 0.0667. The van der Waals surface area contributed by atoms with Crippen LogP contribution in [0.25, 0.3) is 21.8 Å². The number of para-hydroxylation sites is 2. The molecule has 0 unspecified atom stereocenters. The third-order valence-electron chi connectivity index (χ3n) is 3.46. The van der Waals surface area contributed by atoms with Gasteiger partial charge in [-0.2, -0.15) is 15.4 Å². The zero-order valence-corrected chi connectivity index (χ0v) is 10.2. The predicted octanol–water partition coefficient (Wildman–Crippen LogP) is 3.03. The molecule has 0 aliphatic rings. The lowest BCUT2D eigenvalue weighted by Gasteiger charge is -2.00. The predicted molar refractivity (Wildman–Crippen MR) is 75.0 cm³/mol. The molecule has 0 atom stereocenters. The molecular weight excluding hydrogens is 236 g/mol. The molecular formula is C15H12N4. The Morgan fingerprint density at radius 3 is 2.74 bits per heavy atom. The summed E-state index contributed by atoms with van der Waals surface area (Å²) in [5, 5.41) is 13.2. The lowest BCUT2D eigenvalue weighted by atomic mass is 10.1. The van der Waals surface area contributed by atoms with E-state index in [2.05, 4.69) is 62.9 Å². The summed E-state index contributed by atoms with van der Waals surface area (Å²) in [6, 6.07) is 14.8. The van der Waals surface area contributed by atoms with Crippen molar-refractivity contribution in [1.82, 2.24) is 20.4 Å². The van der Waals surface area contributed by atoms with E-state index in [0.29, 0.717) is 0 Å². The number of nitrogens with one attached hydrogen (secondary N) is 2. The minimum Gasteiger partial charge on any atom is -0.354 e. The van der Waals surface area contributed by atoms with Gasteiger partial charge in [0, 0.05) is 22.7 Å². The van der Waals surface area contributed by atoms with Crippen LogP contribution in [0.2, 0.25) is 0 Å². The molecule has 0 spiro atoms. The summed E-state index contributed by atoms with van der Waals surface area (Å²) < 4.78 is 0. The van der Waals surface area contributed by atoms with E-state index in [1.807, 2.05) is 0 Å². The molecule has 2 N–H and O–H groups in total. The summed E-state index contributed by atoms with van der Waals surface area (Å²) in [6.07, 6.45) is 2.54. The minimum absolute atomic E-state index is 0.778. The first-order valence-corrected chi connectivity index (χ1v) is 6.25. The number of aromatic amines is 2. The van der Waals surface area contributed by atoms with Crippen molar-refractivity contribution >= 4 is 21.8 Å². The van der Waals surface area contributed by atoms with Crippen LogP contribution in [0.3, 0.4) is 0 Å². The molecule has 2 heterocycles. The summed E-state index contributed by atoms with van der Waals surface area (Å²) in [7, 11) is 0. The zero-order valence-electron chi connectivity index (χ0n) is 10.2. The smallest absolute Gasteiger partial charge is 0.0869 e. The molecule has 92 valence electrons. The molecule has 0 saturated heterocycles. The van der Waals surface area contributed by atoms with E-state index in [1.54, 1.807) is 6.20 Å². The highest BCUT2D eigenvalue weighted by molar-refractivity contribution is 6.08. The number of benzene rings is 2. The highest BCUT2D eigenvalue weighted by Gasteiger charge is 2.08. The van der Waals surface area contributed by atoms with Crippen LogP contribution in [-0.4, -0.2) is 20.4 Å². The van der Waals surface area contributed by atoms with Gasteiger partial charge in [0.25, 0.3) is 0 Å². The number of aromatic nitrogens is 4. The van der Waals surface area contributed by atoms with Crippen LogP contribution in [0.4, 0.5) is 0 Å². The Bertz CT molecular complexity index is 843. The van der Waals surface area contributed by atoms with Crippen molar-refractivity contribution in [3.8, 4) is 0 Å². The number of rotatable bonds is 2. The quantitative estimate of drug-likeness (QED) is 0.573. The Kier molecular flexibility index (Phi) is 2.14. The number of fused-ring (bicyclic) bond motifs is 3. The van der Waals surface area contributed by atoms with Crippen molar-refractivity contribution in [2.24, 2.45) is 0 Å². The second kappa shape index (κ2) is 3.95. The van der Waals surface area contributed by atoms with E-state index in [0.717, 1.165) is 12.1 Å². The van der Waals surface area contributed by atoms with Crippen LogP contribution >= 0.6 is 0 Å². The lowest BCUT2D eigenvalue weighted by Crippen LogP contribution is -1.90. The maximum absolute atomic E-state index is 4.12. The molecule has 4 rings (SSSR count). The Morgan fingerprint density at radius 2 is 1.84 bits per heavy atom. The molecule has 0 aliphatic carbocycles. The number of H-pyrrole nitrogens is 2. The van der Waals surface area contributed by atoms with Crippen molar-refractivity contribution in [1.29, 1.82) is 0 Å². The molecule has 2 aromatic heterocycles. The van der Waals surface area contributed by atoms with Gasteiger partial charge in [-0.1, -0.05) is 36.4 Å². The minimum atomic E-state index is 0.778. The van der Waals surface area contributed by atoms with Gasteiger partial charge in [0.1, 0.15) is 0 Å². The van der Waals surface area contributed by atoms with Gasteiger partial charge in [-0.25, -0.2) is 0 Å². The van der Waals surface area contributed by atoms with Gasteiger partial charge in [-0.3, -0.25) is 0 Å². The van der Waals surface area contributed by atoms with Crippen LogP contribution in [-0.2, 0) is 6.42 Å². The Balaban J connectivity index is 1.96. The third-order valence-corrected chi connectivity index (χ3v) is 3.46. The molecule has 19 heavy (non-hydrogen) atoms. The van der Waals surface area contributed by atoms with E-state index in [4.69, 9.17) is 0 Å². The van der Waals surface area contributed by atoms with E-state index in [9.17, 15) is 0 Å². The van der Waals surface area contributed by atoms with E-state index >= 15 is 0 Å². The summed E-state index contributed by atoms with van der Waals surface area (Å²) in [4.78, 5) is 3.50. The van der Waals surface area contributed by atoms with E-state index in [-0.39, 0.29) is 0 Å². The first-order valence-electron chi connectivity index (χ1n) is 6.25. The average Bonchev–Trinajstić information content (AvgIpc) is 3.06. The highest BCUT2D eigenvalue weighted by atomic mass is 15.3. The third kappa shape index (κ3) is 1.61. The molecule has 0 aliphatic heterocycles. The largest absolute Gasteiger partial charge is 0.354 e. The molecule has 0 radical (unpaired) electrons. The summed E-state index contributed by atoms with van der Waals surface area (Å²) in [5.41, 5.74) is 4.55. The number of nitrogens with zero attached hydrogens (tertiary/aromatic N) is 2. The fourth-order valence-corrected chi connectivity index (χ4v) is 2.59. The zero-order chi connectivity index (χ0) is 12.7. The second-order valence-electron chi connectivity index (χ2n) is 4.65. The molecule has 0 fully saturated rings. The van der Waals surface area contributed by atoms with Crippen molar-refractivity contribution in [2.75, 3.05) is 0 Å².